The largest absolute Gasteiger partial charge is 0.481 e. The number of aromatic nitrogens is 9. The van der Waals surface area contributed by atoms with Crippen LogP contribution in [0.5, 0.6) is 11.8 Å². The summed E-state index contributed by atoms with van der Waals surface area (Å²) in [6, 6.07) is 22.1. The third-order valence-electron chi connectivity index (χ3n) is 16.8. The van der Waals surface area contributed by atoms with Crippen molar-refractivity contribution in [2.45, 2.75) is 18.0 Å². The second-order valence-corrected chi connectivity index (χ2v) is 30.5. The number of nitrogens with zero attached hydrogens (tertiary/aromatic N) is 9. The summed E-state index contributed by atoms with van der Waals surface area (Å²) in [5, 5.41) is 17.1. The van der Waals surface area contributed by atoms with Crippen LogP contribution in [0.15, 0.2) is 109 Å². The molecule has 0 bridgehead atoms. The van der Waals surface area contributed by atoms with E-state index in [4.69, 9.17) is 170 Å². The predicted octanol–water partition coefficient (Wildman–Crippen LogP) is 21.4. The summed E-state index contributed by atoms with van der Waals surface area (Å²) in [6.45, 7) is 5.15. The fraction of sp³-hybridized carbons (Fsp3) is 0.113. The fourth-order valence-electron chi connectivity index (χ4n) is 10.5. The van der Waals surface area contributed by atoms with Crippen molar-refractivity contribution in [1.82, 2.24) is 44.9 Å². The van der Waals surface area contributed by atoms with E-state index in [1.54, 1.807) is 37.4 Å². The number of hydrogen-bond acceptors (Lipinski definition) is 28. The van der Waals surface area contributed by atoms with Gasteiger partial charge in [-0.05, 0) is 120 Å². The number of nitrogen functional groups attached to an aromatic ring is 6. The smallest absolute Gasteiger partial charge is 0.433 e. The molecule has 0 aliphatic carbocycles. The van der Waals surface area contributed by atoms with Gasteiger partial charge in [-0.1, -0.05) is 141 Å². The Morgan fingerprint density at radius 3 is 1.22 bits per heavy atom. The highest BCUT2D eigenvalue weighted by Crippen LogP contribution is 2.43. The molecule has 0 radical (unpaired) electrons. The maximum absolute atomic E-state index is 14.3. The number of carbonyl (C=O) groups excluding carboxylic acids is 4. The Labute approximate surface area is 796 Å². The summed E-state index contributed by atoms with van der Waals surface area (Å²) in [5.41, 5.74) is 31.6. The highest BCUT2D eigenvalue weighted by Gasteiger charge is 2.35. The molecule has 9 aromatic heterocycles. The molecule has 3 aromatic carbocycles. The van der Waals surface area contributed by atoms with E-state index < -0.39 is 116 Å². The maximum atomic E-state index is 14.3. The molecule has 0 aliphatic heterocycles. The number of aromatic carboxylic acids is 2. The van der Waals surface area contributed by atoms with E-state index in [1.807, 2.05) is 22.6 Å². The zero-order valence-corrected chi connectivity index (χ0v) is 77.3. The van der Waals surface area contributed by atoms with Crippen molar-refractivity contribution in [3.8, 4) is 79.3 Å². The first-order chi connectivity index (χ1) is 61.0. The van der Waals surface area contributed by atoms with Crippen LogP contribution in [0.3, 0.4) is 0 Å². The standard InChI is InChI=1S/C14H11Cl2FN2O2S.C14H9Cl2FN2O2.C14H11ClFIN2O2.C13H10Cl2FN3O3.C13H7ClF5N3O2.C12H9Cl2N3O3/c1-21-14(20)12-10(16)8(18)5-9(19-12)6-3-4-7(15)11(17)13(6)22-2;1-2-6-7(3-4-8(15)12(6)17)10-5-9(18)11(16)13(19-10)14(20)21;1-6-7(3-4-8(17)12(6)16)10-5-9(18)11(15)13(19-10)14(20)21-2;1-21-6-4-3-5(12(15)18-6)10-8(16)9(17)7(14)11(19-10)13(20)22-2;1-24-12(23)10-6(14)8(20)7(15)9(22-10)4-2-3-5(13(17,18)19)21-11(4)16;1-20-11-5(2-3-8(13)17-11)7-4-6(15)9(14)10(16-7)12(18)19/h3-5H,1-2H3,(H2,18,19);2-5H,1H2,(H2,18,19)(H,20,21);3-5H,1-2H3,(H2,18,19);3-4H,1-2H3,(H2,17,19);2-3H,1H3,(H2,20,22);2-4H,1H3,(H2,15,16)(H,18,19). The van der Waals surface area contributed by atoms with E-state index in [0.717, 1.165) is 14.2 Å². The molecular weight excluding hydrogens is 2080 g/mol. The summed E-state index contributed by atoms with van der Waals surface area (Å²) < 4.78 is 151. The molecule has 0 saturated heterocycles. The second kappa shape index (κ2) is 45.7. The lowest BCUT2D eigenvalue weighted by molar-refractivity contribution is -0.141. The maximum Gasteiger partial charge on any atom is 0.433 e. The number of hydrogen-bond donors (Lipinski definition) is 8. The number of alkyl halides is 3. The van der Waals surface area contributed by atoms with Gasteiger partial charge in [0, 0.05) is 37.5 Å². The summed E-state index contributed by atoms with van der Waals surface area (Å²) >= 11 is 61.3. The minimum atomic E-state index is -4.89. The topological polar surface area (TPSA) is 470 Å². The lowest BCUT2D eigenvalue weighted by Crippen LogP contribution is -2.12. The molecule has 50 heteroatoms. The summed E-state index contributed by atoms with van der Waals surface area (Å²) in [7, 11) is 7.38. The van der Waals surface area contributed by atoms with E-state index in [9.17, 15) is 68.3 Å². The van der Waals surface area contributed by atoms with Crippen LogP contribution >= 0.6 is 150 Å². The van der Waals surface area contributed by atoms with Gasteiger partial charge in [-0.25, -0.2) is 95.6 Å². The molecule has 0 amide bonds. The number of rotatable bonds is 16. The number of nitrogens with two attached hydrogens (primary N) is 6. The van der Waals surface area contributed by atoms with Crippen molar-refractivity contribution in [3.05, 3.63) is 244 Å². The zero-order chi connectivity index (χ0) is 97.4. The number of pyridine rings is 9. The minimum absolute atomic E-state index is 0.00299. The van der Waals surface area contributed by atoms with Crippen LogP contribution in [0.4, 0.5) is 73.6 Å². The molecule has 682 valence electrons. The van der Waals surface area contributed by atoms with Crippen LogP contribution in [-0.4, -0.2) is 140 Å². The summed E-state index contributed by atoms with van der Waals surface area (Å²) in [6.07, 6.45) is -1.91. The second-order valence-electron chi connectivity index (χ2n) is 24.7. The Morgan fingerprint density at radius 2 is 0.808 bits per heavy atom. The third-order valence-corrected chi connectivity index (χ3v) is 21.9. The van der Waals surface area contributed by atoms with Crippen LogP contribution in [-0.2, 0) is 25.1 Å². The van der Waals surface area contributed by atoms with Gasteiger partial charge < -0.3 is 73.0 Å². The summed E-state index contributed by atoms with van der Waals surface area (Å²) in [5.74, 6) is -10.9. The molecular formula is C80H57Cl10F9IN15O14S. The van der Waals surface area contributed by atoms with E-state index >= 15 is 0 Å². The molecule has 12 rings (SSSR count). The van der Waals surface area contributed by atoms with Gasteiger partial charge in [-0.3, -0.25) is 0 Å². The Bertz CT molecular complexity index is 6520. The Hall–Kier alpha value is -11.7. The first-order valence-electron chi connectivity index (χ1n) is 34.7. The Kier molecular flexibility index (Phi) is 37.1. The number of anilines is 6. The number of ether oxygens (including phenoxy) is 6. The number of carbonyl (C=O) groups is 6. The number of methoxy groups -OCH3 is 6. The van der Waals surface area contributed by atoms with Crippen LogP contribution < -0.4 is 43.9 Å². The first-order valence-corrected chi connectivity index (χ1v) is 40.8. The average Bonchev–Trinajstić information content (AvgIpc) is 0.896. The fourth-order valence-corrected chi connectivity index (χ4v) is 13.7. The van der Waals surface area contributed by atoms with E-state index in [0.29, 0.717) is 59.8 Å². The van der Waals surface area contributed by atoms with Crippen molar-refractivity contribution in [2.24, 2.45) is 0 Å². The average molecular weight is 2140 g/mol. The highest BCUT2D eigenvalue weighted by atomic mass is 127. The monoisotopic (exact) mass is 2130 g/mol. The molecule has 0 spiro atoms. The molecule has 0 atom stereocenters. The van der Waals surface area contributed by atoms with Gasteiger partial charge in [0.1, 0.15) is 39.0 Å². The number of esters is 4. The molecule has 29 nitrogen and oxygen atoms in total. The molecule has 130 heavy (non-hydrogen) atoms. The van der Waals surface area contributed by atoms with Crippen LogP contribution in [0.25, 0.3) is 73.6 Å². The van der Waals surface area contributed by atoms with Crippen molar-refractivity contribution >= 4 is 226 Å². The lowest BCUT2D eigenvalue weighted by Gasteiger charge is -2.12. The highest BCUT2D eigenvalue weighted by molar-refractivity contribution is 14.1. The third kappa shape index (κ3) is 24.3. The van der Waals surface area contributed by atoms with Crippen molar-refractivity contribution in [2.75, 3.05) is 83.3 Å². The van der Waals surface area contributed by atoms with Gasteiger partial charge in [-0.15, -0.1) is 11.8 Å². The Morgan fingerprint density at radius 1 is 0.431 bits per heavy atom. The lowest BCUT2D eigenvalue weighted by atomic mass is 10.0. The number of carboxylic acids is 2. The van der Waals surface area contributed by atoms with Gasteiger partial charge in [0.15, 0.2) is 51.6 Å². The molecule has 14 N–H and O–H groups in total. The first kappa shape index (κ1) is 105. The zero-order valence-electron chi connectivity index (χ0n) is 66.8. The number of benzene rings is 3. The minimum Gasteiger partial charge on any atom is -0.481 e. The van der Waals surface area contributed by atoms with E-state index in [2.05, 4.69) is 70.4 Å². The van der Waals surface area contributed by atoms with Crippen molar-refractivity contribution < 1.29 is 107 Å². The molecule has 0 unspecified atom stereocenters. The van der Waals surface area contributed by atoms with Gasteiger partial charge in [0.2, 0.25) is 17.7 Å². The van der Waals surface area contributed by atoms with Crippen LogP contribution in [0.2, 0.25) is 50.5 Å². The molecule has 0 aliphatic rings. The van der Waals surface area contributed by atoms with Crippen LogP contribution in [0.1, 0.15) is 79.8 Å². The van der Waals surface area contributed by atoms with Gasteiger partial charge in [0.05, 0.1) is 156 Å². The normalized spacial score (nSPS) is 10.6. The SMILES string of the molecule is C=Cc1c(-c2cc(N)c(Cl)c(C(=O)O)n2)ccc(Cl)c1F.COC(=O)c1nc(-c2ccc(C(F)(F)F)nc2F)c(F)c(N)c1Cl.COC(=O)c1nc(-c2ccc(Cl)c(F)c2SC)cc(N)c1Cl.COC(=O)c1nc(-c2ccc(I)c(F)c2C)cc(N)c1Cl.COC(=O)c1nc(-c2ccc(OC)nc2Cl)c(F)c(N)c1Cl.COc1nc(Cl)ccc1-c1cc(N)c(Cl)c(C(=O)O)n1. The molecule has 0 saturated carbocycles. The van der Waals surface area contributed by atoms with Gasteiger partial charge >= 0.3 is 42.0 Å². The molecule has 9 heterocycles. The molecule has 12 aromatic rings. The van der Waals surface area contributed by atoms with Gasteiger partial charge in [0.25, 0.3) is 0 Å². The van der Waals surface area contributed by atoms with Crippen LogP contribution in [0, 0.1) is 45.5 Å². The van der Waals surface area contributed by atoms with Crippen molar-refractivity contribution in [3.63, 3.8) is 0 Å². The summed E-state index contributed by atoms with van der Waals surface area (Å²) in [4.78, 5) is 103. The number of halogens is 20. The van der Waals surface area contributed by atoms with Gasteiger partial charge in [-0.2, -0.15) is 17.6 Å². The predicted molar refractivity (Wildman–Crippen MR) is 484 cm³/mol. The Balaban J connectivity index is 0.000000214. The molecule has 0 fully saturated rings. The number of carboxylic acid groups (broad SMARTS) is 2. The van der Waals surface area contributed by atoms with E-state index in [1.165, 1.54) is 107 Å². The number of thioether (sulfide) groups is 1. The quantitative estimate of drug-likeness (QED) is 0.0111. The van der Waals surface area contributed by atoms with Crippen molar-refractivity contribution in [1.29, 1.82) is 0 Å². The van der Waals surface area contributed by atoms with E-state index in [-0.39, 0.29) is 137 Å².